The van der Waals surface area contributed by atoms with Crippen molar-refractivity contribution in [1.82, 2.24) is 15.5 Å². The molecule has 184 valence electrons. The molecule has 1 aliphatic carbocycles. The standard InChI is InChI=1S/C27H36FN3O3/c1-16-6-9-22(25(32)29-16)31-15-20-19(26(31)33)8-7-17(24(20)28)13-23-21(5-4-12-34-23)30-18-10-11-27(2,3)14-18/h7-8,18,21-23,30H,1,4-6,9-15H2,2-3H3,(H,29,32)/t18-,21+,22?,23-/m1/s1. The first-order valence-corrected chi connectivity index (χ1v) is 12.7. The number of nitrogens with zero attached hydrogens (tertiary/aromatic N) is 1. The van der Waals surface area contributed by atoms with Crippen LogP contribution in [0.15, 0.2) is 24.4 Å². The second kappa shape index (κ2) is 9.08. The maximum absolute atomic E-state index is 15.7. The monoisotopic (exact) mass is 469 g/mol. The number of hydrogen-bond acceptors (Lipinski definition) is 4. The van der Waals surface area contributed by atoms with Gasteiger partial charge in [0.15, 0.2) is 0 Å². The highest BCUT2D eigenvalue weighted by atomic mass is 19.1. The molecule has 4 aliphatic rings. The first kappa shape index (κ1) is 23.5. The Kier molecular flexibility index (Phi) is 6.27. The van der Waals surface area contributed by atoms with Gasteiger partial charge in [-0.3, -0.25) is 9.59 Å². The van der Waals surface area contributed by atoms with Crippen molar-refractivity contribution in [2.45, 2.75) is 96.0 Å². The molecule has 1 saturated carbocycles. The first-order valence-electron chi connectivity index (χ1n) is 12.7. The summed E-state index contributed by atoms with van der Waals surface area (Å²) in [5.41, 5.74) is 2.38. The predicted octanol–water partition coefficient (Wildman–Crippen LogP) is 3.83. The SMILES string of the molecule is C=C1CCC(N2Cc3c(ccc(C[C@H]4OCCC[C@@H]4N[C@@H]4CCC(C)(C)C4)c3F)C2=O)C(=O)N1. The van der Waals surface area contributed by atoms with Gasteiger partial charge in [0.05, 0.1) is 12.6 Å². The lowest BCUT2D eigenvalue weighted by Crippen LogP contribution is -2.49. The molecule has 0 bridgehead atoms. The number of rotatable bonds is 5. The van der Waals surface area contributed by atoms with Gasteiger partial charge < -0.3 is 20.3 Å². The Balaban J connectivity index is 1.30. The molecule has 34 heavy (non-hydrogen) atoms. The van der Waals surface area contributed by atoms with Gasteiger partial charge in [-0.05, 0) is 62.0 Å². The van der Waals surface area contributed by atoms with E-state index in [4.69, 9.17) is 4.74 Å². The third-order valence-electron chi connectivity index (χ3n) is 8.12. The van der Waals surface area contributed by atoms with E-state index in [0.717, 1.165) is 19.3 Å². The van der Waals surface area contributed by atoms with E-state index >= 15 is 4.39 Å². The molecule has 0 spiro atoms. The number of carbonyl (C=O) groups is 2. The third-order valence-corrected chi connectivity index (χ3v) is 8.12. The number of allylic oxidation sites excluding steroid dienone is 1. The van der Waals surface area contributed by atoms with Gasteiger partial charge >= 0.3 is 0 Å². The van der Waals surface area contributed by atoms with Crippen LogP contribution in [0, 0.1) is 11.2 Å². The van der Waals surface area contributed by atoms with Crippen LogP contribution in [-0.4, -0.2) is 47.6 Å². The lowest BCUT2D eigenvalue weighted by molar-refractivity contribution is -0.126. The number of benzene rings is 1. The molecule has 5 rings (SSSR count). The van der Waals surface area contributed by atoms with E-state index < -0.39 is 6.04 Å². The van der Waals surface area contributed by atoms with Crippen LogP contribution in [-0.2, 0) is 22.5 Å². The van der Waals surface area contributed by atoms with Crippen molar-refractivity contribution in [2.75, 3.05) is 6.61 Å². The van der Waals surface area contributed by atoms with E-state index in [-0.39, 0.29) is 36.3 Å². The molecule has 2 saturated heterocycles. The van der Waals surface area contributed by atoms with Gasteiger partial charge in [0.2, 0.25) is 5.91 Å². The zero-order valence-electron chi connectivity index (χ0n) is 20.3. The summed E-state index contributed by atoms with van der Waals surface area (Å²) < 4.78 is 21.8. The van der Waals surface area contributed by atoms with Gasteiger partial charge in [-0.1, -0.05) is 26.5 Å². The topological polar surface area (TPSA) is 70.7 Å². The highest BCUT2D eigenvalue weighted by Gasteiger charge is 2.40. The summed E-state index contributed by atoms with van der Waals surface area (Å²) in [7, 11) is 0. The van der Waals surface area contributed by atoms with Crippen LogP contribution in [0.25, 0.3) is 0 Å². The van der Waals surface area contributed by atoms with Crippen molar-refractivity contribution in [3.63, 3.8) is 0 Å². The summed E-state index contributed by atoms with van der Waals surface area (Å²) in [6, 6.07) is 3.56. The molecule has 1 aromatic rings. The summed E-state index contributed by atoms with van der Waals surface area (Å²) in [6.45, 7) is 9.26. The van der Waals surface area contributed by atoms with Crippen molar-refractivity contribution < 1.29 is 18.7 Å². The second-order valence-corrected chi connectivity index (χ2v) is 11.3. The number of hydrogen-bond donors (Lipinski definition) is 2. The Hall–Kier alpha value is -2.25. The van der Waals surface area contributed by atoms with Crippen LogP contribution in [0.1, 0.15) is 80.3 Å². The highest BCUT2D eigenvalue weighted by Crippen LogP contribution is 2.38. The zero-order chi connectivity index (χ0) is 24.0. The smallest absolute Gasteiger partial charge is 0.255 e. The molecular formula is C27H36FN3O3. The summed E-state index contributed by atoms with van der Waals surface area (Å²) in [4.78, 5) is 26.9. The van der Waals surface area contributed by atoms with Crippen LogP contribution in [0.3, 0.4) is 0 Å². The maximum Gasteiger partial charge on any atom is 0.255 e. The Morgan fingerprint density at radius 1 is 1.26 bits per heavy atom. The molecule has 0 radical (unpaired) electrons. The van der Waals surface area contributed by atoms with E-state index in [0.29, 0.717) is 59.7 Å². The van der Waals surface area contributed by atoms with E-state index in [1.807, 2.05) is 0 Å². The highest BCUT2D eigenvalue weighted by molar-refractivity contribution is 6.01. The Morgan fingerprint density at radius 2 is 2.09 bits per heavy atom. The molecular weight excluding hydrogens is 433 g/mol. The fourth-order valence-corrected chi connectivity index (χ4v) is 6.22. The zero-order valence-corrected chi connectivity index (χ0v) is 20.3. The van der Waals surface area contributed by atoms with Gasteiger partial charge in [0.1, 0.15) is 11.9 Å². The molecule has 2 amide bonds. The van der Waals surface area contributed by atoms with Crippen molar-refractivity contribution >= 4 is 11.8 Å². The average Bonchev–Trinajstić information content (AvgIpc) is 3.30. The van der Waals surface area contributed by atoms with Gasteiger partial charge in [0, 0.05) is 41.9 Å². The molecule has 3 heterocycles. The molecule has 1 unspecified atom stereocenters. The van der Waals surface area contributed by atoms with E-state index in [1.54, 1.807) is 12.1 Å². The van der Waals surface area contributed by atoms with E-state index in [9.17, 15) is 9.59 Å². The van der Waals surface area contributed by atoms with Crippen LogP contribution in [0.5, 0.6) is 0 Å². The van der Waals surface area contributed by atoms with Gasteiger partial charge in [0.25, 0.3) is 5.91 Å². The third kappa shape index (κ3) is 4.52. The molecule has 6 nitrogen and oxygen atoms in total. The van der Waals surface area contributed by atoms with E-state index in [2.05, 4.69) is 31.1 Å². The Morgan fingerprint density at radius 3 is 2.82 bits per heavy atom. The Labute approximate surface area is 201 Å². The quantitative estimate of drug-likeness (QED) is 0.688. The molecule has 3 fully saturated rings. The van der Waals surface area contributed by atoms with Crippen LogP contribution in [0.4, 0.5) is 4.39 Å². The van der Waals surface area contributed by atoms with Gasteiger partial charge in [-0.15, -0.1) is 0 Å². The molecule has 0 aromatic heterocycles. The number of ether oxygens (including phenoxy) is 1. The average molecular weight is 470 g/mol. The summed E-state index contributed by atoms with van der Waals surface area (Å²) in [5, 5.41) is 6.55. The summed E-state index contributed by atoms with van der Waals surface area (Å²) >= 11 is 0. The number of fused-ring (bicyclic) bond motifs is 1. The minimum atomic E-state index is -0.584. The molecule has 7 heteroatoms. The predicted molar refractivity (Wildman–Crippen MR) is 128 cm³/mol. The second-order valence-electron chi connectivity index (χ2n) is 11.3. The van der Waals surface area contributed by atoms with E-state index in [1.165, 1.54) is 17.7 Å². The van der Waals surface area contributed by atoms with Gasteiger partial charge in [-0.2, -0.15) is 0 Å². The molecule has 4 atom stereocenters. The van der Waals surface area contributed by atoms with Crippen LogP contribution < -0.4 is 10.6 Å². The molecule has 2 N–H and O–H groups in total. The fraction of sp³-hybridized carbons (Fsp3) is 0.630. The maximum atomic E-state index is 15.7. The largest absolute Gasteiger partial charge is 0.376 e. The first-order chi connectivity index (χ1) is 16.2. The number of amides is 2. The lowest BCUT2D eigenvalue weighted by atomic mass is 9.91. The number of carbonyl (C=O) groups excluding carboxylic acids is 2. The summed E-state index contributed by atoms with van der Waals surface area (Å²) in [6.07, 6.45) is 7.11. The van der Waals surface area contributed by atoms with Crippen molar-refractivity contribution in [3.8, 4) is 0 Å². The Bertz CT molecular complexity index is 1010. The van der Waals surface area contributed by atoms with Crippen molar-refractivity contribution in [1.29, 1.82) is 0 Å². The number of nitrogens with one attached hydrogen (secondary N) is 2. The molecule has 3 aliphatic heterocycles. The van der Waals surface area contributed by atoms with Crippen LogP contribution >= 0.6 is 0 Å². The number of piperidine rings is 1. The van der Waals surface area contributed by atoms with Crippen molar-refractivity contribution in [2.24, 2.45) is 5.41 Å². The van der Waals surface area contributed by atoms with Crippen molar-refractivity contribution in [3.05, 3.63) is 46.9 Å². The van der Waals surface area contributed by atoms with Gasteiger partial charge in [-0.25, -0.2) is 4.39 Å². The number of halogens is 1. The fourth-order valence-electron chi connectivity index (χ4n) is 6.22. The van der Waals surface area contributed by atoms with Crippen LogP contribution in [0.2, 0.25) is 0 Å². The lowest BCUT2D eigenvalue weighted by Gasteiger charge is -2.35. The molecule has 1 aromatic carbocycles. The summed E-state index contributed by atoms with van der Waals surface area (Å²) in [5.74, 6) is -0.841. The minimum absolute atomic E-state index is 0.0895. The minimum Gasteiger partial charge on any atom is -0.376 e. The normalized spacial score (nSPS) is 31.0.